The summed E-state index contributed by atoms with van der Waals surface area (Å²) in [5.74, 6) is -0.228. The van der Waals surface area contributed by atoms with Crippen LogP contribution in [0.2, 0.25) is 0 Å². The monoisotopic (exact) mass is 265 g/mol. The quantitative estimate of drug-likeness (QED) is 0.849. The maximum Gasteiger partial charge on any atom is 0.260 e. The van der Waals surface area contributed by atoms with Crippen molar-refractivity contribution in [1.82, 2.24) is 0 Å². The molecule has 2 N–H and O–H groups in total. The molecule has 4 nitrogen and oxygen atoms in total. The average molecular weight is 265 g/mol. The number of rotatable bonds is 2. The van der Waals surface area contributed by atoms with Gasteiger partial charge in [-0.05, 0) is 31.2 Å². The van der Waals surface area contributed by atoms with Gasteiger partial charge in [-0.2, -0.15) is 5.26 Å². The van der Waals surface area contributed by atoms with E-state index in [1.807, 2.05) is 13.0 Å². The molecule has 2 rings (SSSR count). The van der Waals surface area contributed by atoms with Crippen LogP contribution in [0.4, 0.5) is 11.4 Å². The van der Waals surface area contributed by atoms with Crippen molar-refractivity contribution in [3.63, 3.8) is 0 Å². The van der Waals surface area contributed by atoms with Crippen molar-refractivity contribution in [3.05, 3.63) is 59.2 Å². The molecule has 0 aliphatic heterocycles. The van der Waals surface area contributed by atoms with Crippen molar-refractivity contribution in [2.75, 3.05) is 17.7 Å². The molecular formula is C16H15N3O. The normalized spacial score (nSPS) is 9.85. The largest absolute Gasteiger partial charge is 0.398 e. The lowest BCUT2D eigenvalue weighted by molar-refractivity contribution is 0.0993. The molecule has 0 fully saturated rings. The van der Waals surface area contributed by atoms with Crippen LogP contribution in [0.5, 0.6) is 0 Å². The van der Waals surface area contributed by atoms with Gasteiger partial charge in [0.15, 0.2) is 0 Å². The molecule has 2 aromatic rings. The number of nitriles is 1. The molecule has 0 bridgehead atoms. The highest BCUT2D eigenvalue weighted by Crippen LogP contribution is 2.22. The molecule has 4 heteroatoms. The SMILES string of the molecule is Cc1ccc(N)c(C(=O)N(C)c2ccccc2C#N)c1. The first-order valence-corrected chi connectivity index (χ1v) is 6.18. The Morgan fingerprint density at radius 3 is 2.65 bits per heavy atom. The van der Waals surface area contributed by atoms with Crippen LogP contribution >= 0.6 is 0 Å². The van der Waals surface area contributed by atoms with Crippen LogP contribution in [0.3, 0.4) is 0 Å². The van der Waals surface area contributed by atoms with Crippen LogP contribution in [-0.2, 0) is 0 Å². The Morgan fingerprint density at radius 2 is 1.95 bits per heavy atom. The van der Waals surface area contributed by atoms with E-state index in [1.165, 1.54) is 4.90 Å². The molecule has 0 heterocycles. The summed E-state index contributed by atoms with van der Waals surface area (Å²) in [5.41, 5.74) is 8.73. The lowest BCUT2D eigenvalue weighted by Gasteiger charge is -2.19. The van der Waals surface area contributed by atoms with Gasteiger partial charge >= 0.3 is 0 Å². The van der Waals surface area contributed by atoms with E-state index < -0.39 is 0 Å². The number of benzene rings is 2. The third-order valence-electron chi connectivity index (χ3n) is 3.13. The zero-order valence-electron chi connectivity index (χ0n) is 11.4. The predicted octanol–water partition coefficient (Wildman–Crippen LogP) is 2.73. The summed E-state index contributed by atoms with van der Waals surface area (Å²) in [6, 6.07) is 14.4. The second kappa shape index (κ2) is 5.45. The van der Waals surface area contributed by atoms with E-state index in [9.17, 15) is 4.79 Å². The van der Waals surface area contributed by atoms with E-state index in [2.05, 4.69) is 6.07 Å². The van der Waals surface area contributed by atoms with E-state index in [-0.39, 0.29) is 5.91 Å². The Labute approximate surface area is 118 Å². The van der Waals surface area contributed by atoms with E-state index in [0.717, 1.165) is 5.56 Å². The molecule has 0 saturated carbocycles. The molecule has 20 heavy (non-hydrogen) atoms. The number of nitrogens with two attached hydrogens (primary N) is 1. The molecule has 0 aliphatic carbocycles. The molecule has 0 atom stereocenters. The van der Waals surface area contributed by atoms with Gasteiger partial charge in [-0.15, -0.1) is 0 Å². The van der Waals surface area contributed by atoms with Gasteiger partial charge < -0.3 is 10.6 Å². The number of anilines is 2. The number of carbonyl (C=O) groups excluding carboxylic acids is 1. The maximum atomic E-state index is 12.5. The second-order valence-electron chi connectivity index (χ2n) is 4.58. The Bertz CT molecular complexity index is 701. The van der Waals surface area contributed by atoms with E-state index >= 15 is 0 Å². The number of amides is 1. The van der Waals surface area contributed by atoms with E-state index in [0.29, 0.717) is 22.5 Å². The smallest absolute Gasteiger partial charge is 0.260 e. The highest BCUT2D eigenvalue weighted by atomic mass is 16.2. The Balaban J connectivity index is 2.43. The molecule has 0 aliphatic rings. The minimum atomic E-state index is -0.228. The number of aryl methyl sites for hydroxylation is 1. The first-order chi connectivity index (χ1) is 9.54. The average Bonchev–Trinajstić information content (AvgIpc) is 2.48. The van der Waals surface area contributed by atoms with E-state index in [4.69, 9.17) is 11.0 Å². The van der Waals surface area contributed by atoms with Gasteiger partial charge in [0.05, 0.1) is 16.8 Å². The number of nitrogens with zero attached hydrogens (tertiary/aromatic N) is 2. The summed E-state index contributed by atoms with van der Waals surface area (Å²) in [4.78, 5) is 14.0. The summed E-state index contributed by atoms with van der Waals surface area (Å²) >= 11 is 0. The first-order valence-electron chi connectivity index (χ1n) is 6.18. The highest BCUT2D eigenvalue weighted by Gasteiger charge is 2.18. The number of hydrogen-bond acceptors (Lipinski definition) is 3. The lowest BCUT2D eigenvalue weighted by Crippen LogP contribution is -2.27. The molecule has 0 spiro atoms. The topological polar surface area (TPSA) is 70.1 Å². The molecule has 0 unspecified atom stereocenters. The number of nitrogen functional groups attached to an aromatic ring is 1. The fourth-order valence-electron chi connectivity index (χ4n) is 2.01. The third kappa shape index (κ3) is 2.47. The standard InChI is InChI=1S/C16H15N3O/c1-11-7-8-14(18)13(9-11)16(20)19(2)15-6-4-3-5-12(15)10-17/h3-9H,18H2,1-2H3. The summed E-state index contributed by atoms with van der Waals surface area (Å²) in [7, 11) is 1.64. The van der Waals surface area contributed by atoms with Crippen LogP contribution in [0.15, 0.2) is 42.5 Å². The number of carbonyl (C=O) groups is 1. The van der Waals surface area contributed by atoms with Crippen molar-refractivity contribution in [3.8, 4) is 6.07 Å². The van der Waals surface area contributed by atoms with Gasteiger partial charge in [-0.1, -0.05) is 23.8 Å². The van der Waals surface area contributed by atoms with Crippen molar-refractivity contribution in [2.45, 2.75) is 6.92 Å². The van der Waals surface area contributed by atoms with Crippen molar-refractivity contribution in [2.24, 2.45) is 0 Å². The Hall–Kier alpha value is -2.80. The van der Waals surface area contributed by atoms with Crippen molar-refractivity contribution >= 4 is 17.3 Å². The Kier molecular flexibility index (Phi) is 3.72. The molecule has 1 amide bonds. The number of para-hydroxylation sites is 1. The summed E-state index contributed by atoms with van der Waals surface area (Å²) in [5, 5.41) is 9.11. The van der Waals surface area contributed by atoms with Gasteiger partial charge in [0.2, 0.25) is 0 Å². The first kappa shape index (κ1) is 13.6. The minimum absolute atomic E-state index is 0.228. The summed E-state index contributed by atoms with van der Waals surface area (Å²) < 4.78 is 0. The highest BCUT2D eigenvalue weighted by molar-refractivity contribution is 6.09. The van der Waals surface area contributed by atoms with Gasteiger partial charge in [0.1, 0.15) is 6.07 Å². The molecular weight excluding hydrogens is 250 g/mol. The third-order valence-corrected chi connectivity index (χ3v) is 3.13. The molecule has 0 radical (unpaired) electrons. The Morgan fingerprint density at radius 1 is 1.25 bits per heavy atom. The van der Waals surface area contributed by atoms with Crippen LogP contribution in [0.1, 0.15) is 21.5 Å². The van der Waals surface area contributed by atoms with Crippen molar-refractivity contribution in [1.29, 1.82) is 5.26 Å². The molecule has 0 saturated heterocycles. The van der Waals surface area contributed by atoms with Gasteiger partial charge in [-0.25, -0.2) is 0 Å². The fourth-order valence-corrected chi connectivity index (χ4v) is 2.01. The molecule has 100 valence electrons. The minimum Gasteiger partial charge on any atom is -0.398 e. The fraction of sp³-hybridized carbons (Fsp3) is 0.125. The number of hydrogen-bond donors (Lipinski definition) is 1. The lowest BCUT2D eigenvalue weighted by atomic mass is 10.1. The van der Waals surface area contributed by atoms with Gasteiger partial charge in [0, 0.05) is 12.7 Å². The van der Waals surface area contributed by atoms with Crippen LogP contribution in [0, 0.1) is 18.3 Å². The van der Waals surface area contributed by atoms with Crippen molar-refractivity contribution < 1.29 is 4.79 Å². The van der Waals surface area contributed by atoms with Crippen LogP contribution in [-0.4, -0.2) is 13.0 Å². The second-order valence-corrected chi connectivity index (χ2v) is 4.58. The van der Waals surface area contributed by atoms with Gasteiger partial charge in [0.25, 0.3) is 5.91 Å². The summed E-state index contributed by atoms with van der Waals surface area (Å²) in [6.45, 7) is 1.90. The van der Waals surface area contributed by atoms with Gasteiger partial charge in [-0.3, -0.25) is 4.79 Å². The maximum absolute atomic E-state index is 12.5. The van der Waals surface area contributed by atoms with E-state index in [1.54, 1.807) is 43.4 Å². The summed E-state index contributed by atoms with van der Waals surface area (Å²) in [6.07, 6.45) is 0. The zero-order valence-corrected chi connectivity index (χ0v) is 11.4. The predicted molar refractivity (Wildman–Crippen MR) is 79.5 cm³/mol. The van der Waals surface area contributed by atoms with Crippen LogP contribution in [0.25, 0.3) is 0 Å². The zero-order chi connectivity index (χ0) is 14.7. The van der Waals surface area contributed by atoms with Crippen LogP contribution < -0.4 is 10.6 Å². The molecule has 0 aromatic heterocycles. The molecule has 2 aromatic carbocycles.